The molecule has 0 unspecified atom stereocenters. The highest BCUT2D eigenvalue weighted by Crippen LogP contribution is 2.20. The van der Waals surface area contributed by atoms with Crippen LogP contribution in [0.4, 0.5) is 15.8 Å². The number of halogens is 2. The van der Waals surface area contributed by atoms with E-state index < -0.39 is 11.7 Å². The predicted octanol–water partition coefficient (Wildman–Crippen LogP) is 2.82. The fourth-order valence-corrected chi connectivity index (χ4v) is 1.75. The van der Waals surface area contributed by atoms with E-state index in [1.54, 1.807) is 12.1 Å². The van der Waals surface area contributed by atoms with Crippen molar-refractivity contribution in [3.05, 3.63) is 52.5 Å². The Morgan fingerprint density at radius 1 is 1.39 bits per heavy atom. The van der Waals surface area contributed by atoms with Crippen LogP contribution >= 0.6 is 15.9 Å². The van der Waals surface area contributed by atoms with Gasteiger partial charge in [-0.15, -0.1) is 0 Å². The number of anilines is 2. The molecule has 0 fully saturated rings. The fourth-order valence-electron chi connectivity index (χ4n) is 1.37. The first-order chi connectivity index (χ1) is 8.58. The molecule has 2 aromatic rings. The Morgan fingerprint density at radius 3 is 2.83 bits per heavy atom. The van der Waals surface area contributed by atoms with Crippen molar-refractivity contribution in [1.29, 1.82) is 0 Å². The van der Waals surface area contributed by atoms with Crippen molar-refractivity contribution < 1.29 is 9.18 Å². The average molecular weight is 310 g/mol. The topological polar surface area (TPSA) is 68.0 Å². The van der Waals surface area contributed by atoms with Crippen molar-refractivity contribution in [2.75, 3.05) is 11.1 Å². The number of benzene rings is 1. The van der Waals surface area contributed by atoms with Gasteiger partial charge in [0.2, 0.25) is 0 Å². The zero-order valence-electron chi connectivity index (χ0n) is 9.15. The number of hydrogen-bond acceptors (Lipinski definition) is 3. The first kappa shape index (κ1) is 12.5. The predicted molar refractivity (Wildman–Crippen MR) is 70.7 cm³/mol. The zero-order chi connectivity index (χ0) is 13.1. The molecule has 0 radical (unpaired) electrons. The number of amides is 1. The van der Waals surface area contributed by atoms with Crippen molar-refractivity contribution >= 4 is 33.2 Å². The Kier molecular flexibility index (Phi) is 3.57. The number of nitrogen functional groups attached to an aromatic ring is 1. The summed E-state index contributed by atoms with van der Waals surface area (Å²) in [5.41, 5.74) is 6.52. The number of carbonyl (C=O) groups is 1. The minimum absolute atomic E-state index is 0.137. The number of nitrogens with two attached hydrogens (primary N) is 1. The van der Waals surface area contributed by atoms with Crippen LogP contribution in [-0.2, 0) is 0 Å². The van der Waals surface area contributed by atoms with Gasteiger partial charge in [0.1, 0.15) is 5.82 Å². The standard InChI is InChI=1S/C12H9BrFN3O/c13-8-6-7(3-4-9(8)14)17-12(18)11-10(15)2-1-5-16-11/h1-6H,15H2,(H,17,18). The number of hydrogen-bond donors (Lipinski definition) is 2. The van der Waals surface area contributed by atoms with Gasteiger partial charge in [0, 0.05) is 11.9 Å². The molecule has 92 valence electrons. The van der Waals surface area contributed by atoms with E-state index in [2.05, 4.69) is 26.2 Å². The summed E-state index contributed by atoms with van der Waals surface area (Å²) in [7, 11) is 0. The average Bonchev–Trinajstić information content (AvgIpc) is 2.34. The lowest BCUT2D eigenvalue weighted by Crippen LogP contribution is -2.15. The maximum Gasteiger partial charge on any atom is 0.276 e. The molecule has 0 saturated heterocycles. The molecule has 1 amide bonds. The minimum Gasteiger partial charge on any atom is -0.397 e. The Bertz CT molecular complexity index is 604. The molecule has 4 nitrogen and oxygen atoms in total. The van der Waals surface area contributed by atoms with Gasteiger partial charge in [-0.1, -0.05) is 0 Å². The van der Waals surface area contributed by atoms with E-state index in [9.17, 15) is 9.18 Å². The molecule has 1 heterocycles. The summed E-state index contributed by atoms with van der Waals surface area (Å²) in [6.45, 7) is 0. The smallest absolute Gasteiger partial charge is 0.276 e. The zero-order valence-corrected chi connectivity index (χ0v) is 10.7. The molecule has 0 saturated carbocycles. The maximum atomic E-state index is 13.0. The third-order valence-corrected chi connectivity index (χ3v) is 2.84. The van der Waals surface area contributed by atoms with Crippen molar-refractivity contribution in [1.82, 2.24) is 4.98 Å². The van der Waals surface area contributed by atoms with Crippen LogP contribution in [0.1, 0.15) is 10.5 Å². The molecule has 0 atom stereocenters. The third kappa shape index (κ3) is 2.65. The van der Waals surface area contributed by atoms with E-state index in [0.29, 0.717) is 5.69 Å². The molecule has 6 heteroatoms. The van der Waals surface area contributed by atoms with Gasteiger partial charge in [-0.05, 0) is 46.3 Å². The number of pyridine rings is 1. The summed E-state index contributed by atoms with van der Waals surface area (Å²) >= 11 is 3.04. The Labute approximate surface area is 111 Å². The van der Waals surface area contributed by atoms with E-state index in [-0.39, 0.29) is 15.9 Å². The highest BCUT2D eigenvalue weighted by atomic mass is 79.9. The van der Waals surface area contributed by atoms with Gasteiger partial charge < -0.3 is 11.1 Å². The molecule has 0 spiro atoms. The molecule has 2 rings (SSSR count). The van der Waals surface area contributed by atoms with Gasteiger partial charge in [0.05, 0.1) is 10.2 Å². The Morgan fingerprint density at radius 2 is 2.17 bits per heavy atom. The van der Waals surface area contributed by atoms with Crippen molar-refractivity contribution in [2.45, 2.75) is 0 Å². The lowest BCUT2D eigenvalue weighted by molar-refractivity contribution is 0.102. The number of nitrogens with zero attached hydrogens (tertiary/aromatic N) is 1. The van der Waals surface area contributed by atoms with Crippen LogP contribution in [0.15, 0.2) is 41.0 Å². The Balaban J connectivity index is 2.22. The van der Waals surface area contributed by atoms with Gasteiger partial charge in [0.25, 0.3) is 5.91 Å². The van der Waals surface area contributed by atoms with Gasteiger partial charge >= 0.3 is 0 Å². The van der Waals surface area contributed by atoms with Crippen molar-refractivity contribution in [3.8, 4) is 0 Å². The number of aromatic nitrogens is 1. The summed E-state index contributed by atoms with van der Waals surface area (Å²) in [5, 5.41) is 2.59. The first-order valence-electron chi connectivity index (χ1n) is 5.05. The molecule has 1 aromatic heterocycles. The van der Waals surface area contributed by atoms with E-state index in [4.69, 9.17) is 5.73 Å². The summed E-state index contributed by atoms with van der Waals surface area (Å²) in [6, 6.07) is 7.40. The van der Waals surface area contributed by atoms with E-state index in [1.165, 1.54) is 24.4 Å². The van der Waals surface area contributed by atoms with E-state index >= 15 is 0 Å². The van der Waals surface area contributed by atoms with Crippen molar-refractivity contribution in [2.24, 2.45) is 0 Å². The number of carbonyl (C=O) groups excluding carboxylic acids is 1. The second kappa shape index (κ2) is 5.14. The molecule has 0 bridgehead atoms. The fraction of sp³-hybridized carbons (Fsp3) is 0. The van der Waals surface area contributed by atoms with Crippen LogP contribution < -0.4 is 11.1 Å². The highest BCUT2D eigenvalue weighted by molar-refractivity contribution is 9.10. The van der Waals surface area contributed by atoms with Crippen LogP contribution in [0.25, 0.3) is 0 Å². The van der Waals surface area contributed by atoms with Crippen LogP contribution in [0.2, 0.25) is 0 Å². The molecule has 3 N–H and O–H groups in total. The molecular weight excluding hydrogens is 301 g/mol. The molecule has 0 aliphatic carbocycles. The molecule has 0 aliphatic heterocycles. The Hall–Kier alpha value is -1.95. The molecule has 18 heavy (non-hydrogen) atoms. The van der Waals surface area contributed by atoms with Gasteiger partial charge in [-0.3, -0.25) is 4.79 Å². The van der Waals surface area contributed by atoms with Crippen molar-refractivity contribution in [3.63, 3.8) is 0 Å². The quantitative estimate of drug-likeness (QED) is 0.896. The lowest BCUT2D eigenvalue weighted by Gasteiger charge is -2.07. The molecule has 0 aliphatic rings. The largest absolute Gasteiger partial charge is 0.397 e. The van der Waals surface area contributed by atoms with Crippen LogP contribution in [0.3, 0.4) is 0 Å². The van der Waals surface area contributed by atoms with Gasteiger partial charge in [0.15, 0.2) is 5.69 Å². The third-order valence-electron chi connectivity index (χ3n) is 2.23. The first-order valence-corrected chi connectivity index (χ1v) is 5.84. The minimum atomic E-state index is -0.438. The van der Waals surface area contributed by atoms with Gasteiger partial charge in [-0.2, -0.15) is 0 Å². The second-order valence-electron chi connectivity index (χ2n) is 3.52. The summed E-state index contributed by atoms with van der Waals surface area (Å²) < 4.78 is 13.3. The van der Waals surface area contributed by atoms with Crippen LogP contribution in [0.5, 0.6) is 0 Å². The highest BCUT2D eigenvalue weighted by Gasteiger charge is 2.11. The number of nitrogens with one attached hydrogen (secondary N) is 1. The molecule has 1 aromatic carbocycles. The monoisotopic (exact) mass is 309 g/mol. The van der Waals surface area contributed by atoms with Gasteiger partial charge in [-0.25, -0.2) is 9.37 Å². The summed E-state index contributed by atoms with van der Waals surface area (Å²) in [5.74, 6) is -0.836. The second-order valence-corrected chi connectivity index (χ2v) is 4.38. The number of rotatable bonds is 2. The lowest BCUT2D eigenvalue weighted by atomic mass is 10.2. The SMILES string of the molecule is Nc1cccnc1C(=O)Nc1ccc(F)c(Br)c1. The molecular formula is C12H9BrFN3O. The summed E-state index contributed by atoms with van der Waals surface area (Å²) in [6.07, 6.45) is 1.48. The van der Waals surface area contributed by atoms with E-state index in [1.807, 2.05) is 0 Å². The van der Waals surface area contributed by atoms with Crippen LogP contribution in [0, 0.1) is 5.82 Å². The summed E-state index contributed by atoms with van der Waals surface area (Å²) in [4.78, 5) is 15.8. The maximum absolute atomic E-state index is 13.0. The van der Waals surface area contributed by atoms with Crippen LogP contribution in [-0.4, -0.2) is 10.9 Å². The normalized spacial score (nSPS) is 10.1. The van der Waals surface area contributed by atoms with E-state index in [0.717, 1.165) is 0 Å².